The maximum atomic E-state index is 12.3. The molecule has 1 aromatic heterocycles. The van der Waals surface area contributed by atoms with E-state index in [4.69, 9.17) is 19.6 Å². The van der Waals surface area contributed by atoms with Crippen LogP contribution in [0.2, 0.25) is 0 Å². The number of benzene rings is 1. The highest BCUT2D eigenvalue weighted by Crippen LogP contribution is 2.44. The van der Waals surface area contributed by atoms with Gasteiger partial charge < -0.3 is 35.2 Å². The molecule has 3 rings (SSSR count). The Morgan fingerprint density at radius 3 is 2.74 bits per heavy atom. The Balaban J connectivity index is 2.36. The number of methoxy groups -OCH3 is 1. The first-order chi connectivity index (χ1) is 12.9. The maximum absolute atomic E-state index is 12.3. The van der Waals surface area contributed by atoms with Crippen molar-refractivity contribution in [2.24, 2.45) is 5.73 Å². The van der Waals surface area contributed by atoms with Gasteiger partial charge in [-0.3, -0.25) is 10.0 Å². The number of rotatable bonds is 4. The molecule has 0 aliphatic carbocycles. The standard InChI is InChI=1S/C17H15N2O8/c1-25-17(22)13-12(9-4-2-3-5-10(9)19(23)24)15-14(27-16(13)18)11(21)6-8(7-20)26-15/h2-6,12,20,23H,7,18H2,1H3/q-1. The first-order valence-electron chi connectivity index (χ1n) is 7.67. The fourth-order valence-corrected chi connectivity index (χ4v) is 2.89. The molecule has 2 heterocycles. The Bertz CT molecular complexity index is 979. The van der Waals surface area contributed by atoms with Gasteiger partial charge in [0.25, 0.3) is 0 Å². The van der Waals surface area contributed by atoms with Gasteiger partial charge in [-0.05, 0) is 11.6 Å². The number of aliphatic hydroxyl groups is 1. The number of esters is 1. The molecule has 0 radical (unpaired) electrons. The van der Waals surface area contributed by atoms with E-state index in [0.717, 1.165) is 13.2 Å². The van der Waals surface area contributed by atoms with Gasteiger partial charge in [-0.1, -0.05) is 18.2 Å². The zero-order valence-corrected chi connectivity index (χ0v) is 14.0. The molecule has 27 heavy (non-hydrogen) atoms. The van der Waals surface area contributed by atoms with Crippen LogP contribution in [0.4, 0.5) is 5.69 Å². The zero-order chi connectivity index (χ0) is 19.7. The zero-order valence-electron chi connectivity index (χ0n) is 14.0. The van der Waals surface area contributed by atoms with Crippen LogP contribution in [0, 0.1) is 5.21 Å². The lowest BCUT2D eigenvalue weighted by molar-refractivity contribution is -0.136. The van der Waals surface area contributed by atoms with Crippen molar-refractivity contribution in [2.75, 3.05) is 12.3 Å². The molecule has 1 atom stereocenters. The number of hydrogen-bond donors (Lipinski definition) is 3. The third-order valence-electron chi connectivity index (χ3n) is 4.02. The van der Waals surface area contributed by atoms with E-state index in [1.807, 2.05) is 0 Å². The number of hydrogen-bond acceptors (Lipinski definition) is 10. The maximum Gasteiger partial charge on any atom is 0.340 e. The number of ether oxygens (including phenoxy) is 2. The van der Waals surface area contributed by atoms with Crippen molar-refractivity contribution in [3.8, 4) is 5.75 Å². The van der Waals surface area contributed by atoms with E-state index in [2.05, 4.69) is 0 Å². The summed E-state index contributed by atoms with van der Waals surface area (Å²) in [5, 5.41) is 30.0. The lowest BCUT2D eigenvalue weighted by atomic mass is 9.85. The van der Waals surface area contributed by atoms with Crippen molar-refractivity contribution in [3.05, 3.63) is 74.3 Å². The molecule has 10 heteroatoms. The molecule has 2 aromatic rings. The second-order valence-electron chi connectivity index (χ2n) is 5.56. The monoisotopic (exact) mass is 375 g/mol. The molecule has 0 spiro atoms. The normalized spacial score (nSPS) is 15.8. The summed E-state index contributed by atoms with van der Waals surface area (Å²) in [6.45, 7) is -0.586. The van der Waals surface area contributed by atoms with Crippen molar-refractivity contribution in [3.63, 3.8) is 0 Å². The number of nitrogens with zero attached hydrogens (tertiary/aromatic N) is 1. The number of carbonyl (C=O) groups excluding carboxylic acids is 1. The summed E-state index contributed by atoms with van der Waals surface area (Å²) in [4.78, 5) is 24.6. The van der Waals surface area contributed by atoms with Crippen LogP contribution < -0.4 is 21.1 Å². The number of aliphatic hydroxyl groups excluding tert-OH is 1. The van der Waals surface area contributed by atoms with E-state index < -0.39 is 29.8 Å². The highest BCUT2D eigenvalue weighted by Gasteiger charge is 2.40. The number of nitrogens with two attached hydrogens (primary N) is 1. The van der Waals surface area contributed by atoms with Gasteiger partial charge in [-0.2, -0.15) is 0 Å². The predicted octanol–water partition coefficient (Wildman–Crippen LogP) is 0.693. The molecule has 1 aliphatic rings. The molecule has 0 saturated heterocycles. The van der Waals surface area contributed by atoms with Gasteiger partial charge in [0.15, 0.2) is 5.76 Å². The predicted molar refractivity (Wildman–Crippen MR) is 90.7 cm³/mol. The second kappa shape index (κ2) is 7.11. The van der Waals surface area contributed by atoms with Crippen molar-refractivity contribution in [1.82, 2.24) is 0 Å². The van der Waals surface area contributed by atoms with Gasteiger partial charge in [-0.15, -0.1) is 0 Å². The third kappa shape index (κ3) is 3.12. The van der Waals surface area contributed by atoms with Gasteiger partial charge in [-0.25, -0.2) is 4.79 Å². The minimum Gasteiger partial charge on any atom is -0.733 e. The quantitative estimate of drug-likeness (QED) is 0.512. The van der Waals surface area contributed by atoms with Crippen LogP contribution in [-0.2, 0) is 16.1 Å². The second-order valence-corrected chi connectivity index (χ2v) is 5.56. The smallest absolute Gasteiger partial charge is 0.340 e. The molecule has 4 N–H and O–H groups in total. The van der Waals surface area contributed by atoms with E-state index in [0.29, 0.717) is 0 Å². The molecule has 0 fully saturated rings. The molecule has 1 unspecified atom stereocenters. The lowest BCUT2D eigenvalue weighted by Crippen LogP contribution is -2.30. The average Bonchev–Trinajstić information content (AvgIpc) is 2.66. The Morgan fingerprint density at radius 1 is 1.41 bits per heavy atom. The summed E-state index contributed by atoms with van der Waals surface area (Å²) in [5.74, 6) is -3.03. The Labute approximate surface area is 152 Å². The molecule has 0 bridgehead atoms. The first-order valence-corrected chi connectivity index (χ1v) is 7.67. The SMILES string of the molecule is COC(=O)C1=C(N)Oc2c(oc(CO)cc2=O)C1c1ccccc1N([O-])O. The van der Waals surface area contributed by atoms with Crippen LogP contribution in [0.3, 0.4) is 0 Å². The topological polar surface area (TPSA) is 159 Å². The molecular formula is C17H15N2O8-. The molecule has 10 nitrogen and oxygen atoms in total. The molecule has 1 aliphatic heterocycles. The molecule has 0 amide bonds. The highest BCUT2D eigenvalue weighted by molar-refractivity contribution is 5.92. The molecule has 1 aromatic carbocycles. The number of anilines is 1. The van der Waals surface area contributed by atoms with Crippen molar-refractivity contribution in [2.45, 2.75) is 12.5 Å². The number of para-hydroxylation sites is 1. The lowest BCUT2D eigenvalue weighted by Gasteiger charge is -2.31. The van der Waals surface area contributed by atoms with Crippen LogP contribution >= 0.6 is 0 Å². The van der Waals surface area contributed by atoms with E-state index in [1.165, 1.54) is 18.2 Å². The highest BCUT2D eigenvalue weighted by atomic mass is 16.8. The molecule has 142 valence electrons. The number of carbonyl (C=O) groups is 1. The van der Waals surface area contributed by atoms with Crippen LogP contribution in [-0.4, -0.2) is 23.4 Å². The fraction of sp³-hybridized carbons (Fsp3) is 0.176. The summed E-state index contributed by atoms with van der Waals surface area (Å²) in [5.41, 5.74) is 4.88. The Hall–Kier alpha value is -3.34. The summed E-state index contributed by atoms with van der Waals surface area (Å²) < 4.78 is 15.5. The fourth-order valence-electron chi connectivity index (χ4n) is 2.89. The van der Waals surface area contributed by atoms with Crippen molar-refractivity contribution < 1.29 is 29.0 Å². The van der Waals surface area contributed by atoms with Crippen LogP contribution in [0.25, 0.3) is 0 Å². The van der Waals surface area contributed by atoms with Gasteiger partial charge in [0.1, 0.15) is 17.9 Å². The van der Waals surface area contributed by atoms with E-state index in [1.54, 1.807) is 6.07 Å². The van der Waals surface area contributed by atoms with Crippen LogP contribution in [0.5, 0.6) is 5.75 Å². The molecular weight excluding hydrogens is 360 g/mol. The third-order valence-corrected chi connectivity index (χ3v) is 4.02. The van der Waals surface area contributed by atoms with Gasteiger partial charge in [0.2, 0.25) is 17.1 Å². The van der Waals surface area contributed by atoms with E-state index in [-0.39, 0.29) is 39.3 Å². The first kappa shape index (κ1) is 18.5. The summed E-state index contributed by atoms with van der Waals surface area (Å²) in [6.07, 6.45) is 0. The number of fused-ring (bicyclic) bond motifs is 1. The van der Waals surface area contributed by atoms with Crippen molar-refractivity contribution in [1.29, 1.82) is 0 Å². The Morgan fingerprint density at radius 2 is 2.11 bits per heavy atom. The van der Waals surface area contributed by atoms with Gasteiger partial charge in [0, 0.05) is 6.07 Å². The average molecular weight is 375 g/mol. The summed E-state index contributed by atoms with van der Waals surface area (Å²) in [6, 6.07) is 6.81. The summed E-state index contributed by atoms with van der Waals surface area (Å²) >= 11 is 0. The Kier molecular flexibility index (Phi) is 4.86. The van der Waals surface area contributed by atoms with Gasteiger partial charge >= 0.3 is 5.97 Å². The van der Waals surface area contributed by atoms with Gasteiger partial charge in [0.05, 0.1) is 18.7 Å². The minimum atomic E-state index is -1.19. The van der Waals surface area contributed by atoms with E-state index in [9.17, 15) is 25.1 Å². The van der Waals surface area contributed by atoms with E-state index >= 15 is 0 Å². The van der Waals surface area contributed by atoms with Crippen molar-refractivity contribution >= 4 is 11.7 Å². The largest absolute Gasteiger partial charge is 0.733 e. The molecule has 0 saturated carbocycles. The van der Waals surface area contributed by atoms with Crippen LogP contribution in [0.1, 0.15) is 23.0 Å². The summed E-state index contributed by atoms with van der Waals surface area (Å²) in [7, 11) is 1.12. The minimum absolute atomic E-state index is 0.0857. The van der Waals surface area contributed by atoms with Crippen LogP contribution in [0.15, 0.2) is 51.0 Å².